The van der Waals surface area contributed by atoms with Crippen molar-refractivity contribution in [1.29, 1.82) is 0 Å². The van der Waals surface area contributed by atoms with E-state index in [1.807, 2.05) is 62.4 Å². The van der Waals surface area contributed by atoms with E-state index in [0.717, 1.165) is 22.4 Å². The van der Waals surface area contributed by atoms with E-state index >= 15 is 0 Å². The molecule has 0 bridgehead atoms. The smallest absolute Gasteiger partial charge is 0.255 e. The van der Waals surface area contributed by atoms with Gasteiger partial charge in [-0.15, -0.1) is 0 Å². The molecule has 4 nitrogen and oxygen atoms in total. The molecule has 0 unspecified atom stereocenters. The van der Waals surface area contributed by atoms with Crippen molar-refractivity contribution in [3.63, 3.8) is 0 Å². The van der Waals surface area contributed by atoms with Crippen LogP contribution in [0.2, 0.25) is 0 Å². The summed E-state index contributed by atoms with van der Waals surface area (Å²) in [4.78, 5) is 24.5. The lowest BCUT2D eigenvalue weighted by atomic mass is 10.1. The molecule has 4 heteroatoms. The predicted octanol–water partition coefficient (Wildman–Crippen LogP) is 4.49. The number of benzene rings is 3. The van der Waals surface area contributed by atoms with Gasteiger partial charge in [-0.05, 0) is 60.9 Å². The van der Waals surface area contributed by atoms with Crippen molar-refractivity contribution in [2.45, 2.75) is 20.4 Å². The number of carbonyl (C=O) groups excluding carboxylic acids is 2. The Morgan fingerprint density at radius 2 is 1.44 bits per heavy atom. The quantitative estimate of drug-likeness (QED) is 0.706. The summed E-state index contributed by atoms with van der Waals surface area (Å²) in [6.45, 7) is 4.37. The van der Waals surface area contributed by atoms with Crippen molar-refractivity contribution in [3.05, 3.63) is 101 Å². The van der Waals surface area contributed by atoms with Gasteiger partial charge in [0, 0.05) is 23.4 Å². The van der Waals surface area contributed by atoms with Crippen molar-refractivity contribution >= 4 is 17.5 Å². The molecule has 0 aliphatic carbocycles. The predicted molar refractivity (Wildman–Crippen MR) is 108 cm³/mol. The fourth-order valence-corrected chi connectivity index (χ4v) is 2.71. The Morgan fingerprint density at radius 3 is 2.15 bits per heavy atom. The SMILES string of the molecule is Cc1ccc(C)c(NC(=O)c2ccc(CNC(=O)c3ccccc3)cc2)c1. The van der Waals surface area contributed by atoms with Crippen LogP contribution >= 0.6 is 0 Å². The first-order valence-electron chi connectivity index (χ1n) is 8.84. The summed E-state index contributed by atoms with van der Waals surface area (Å²) in [5, 5.41) is 5.83. The summed E-state index contributed by atoms with van der Waals surface area (Å²) >= 11 is 0. The number of nitrogens with one attached hydrogen (secondary N) is 2. The van der Waals surface area contributed by atoms with E-state index in [4.69, 9.17) is 0 Å². The standard InChI is InChI=1S/C23H22N2O2/c1-16-8-9-17(2)21(14-16)25-23(27)20-12-10-18(11-13-20)15-24-22(26)19-6-4-3-5-7-19/h3-14H,15H2,1-2H3,(H,24,26)(H,25,27). The molecular formula is C23H22N2O2. The van der Waals surface area contributed by atoms with E-state index in [2.05, 4.69) is 10.6 Å². The van der Waals surface area contributed by atoms with Crippen LogP contribution < -0.4 is 10.6 Å². The van der Waals surface area contributed by atoms with Crippen LogP contribution in [0.1, 0.15) is 37.4 Å². The van der Waals surface area contributed by atoms with Crippen LogP contribution in [0.4, 0.5) is 5.69 Å². The summed E-state index contributed by atoms with van der Waals surface area (Å²) in [7, 11) is 0. The fraction of sp³-hybridized carbons (Fsp3) is 0.130. The van der Waals surface area contributed by atoms with Gasteiger partial charge in [-0.3, -0.25) is 9.59 Å². The third-order valence-electron chi connectivity index (χ3n) is 4.35. The Kier molecular flexibility index (Phi) is 5.67. The third kappa shape index (κ3) is 4.82. The number of hydrogen-bond acceptors (Lipinski definition) is 2. The van der Waals surface area contributed by atoms with E-state index in [0.29, 0.717) is 17.7 Å². The van der Waals surface area contributed by atoms with Gasteiger partial charge < -0.3 is 10.6 Å². The van der Waals surface area contributed by atoms with E-state index in [1.165, 1.54) is 0 Å². The summed E-state index contributed by atoms with van der Waals surface area (Å²) < 4.78 is 0. The highest BCUT2D eigenvalue weighted by atomic mass is 16.2. The van der Waals surface area contributed by atoms with Crippen molar-refractivity contribution in [3.8, 4) is 0 Å². The number of aryl methyl sites for hydroxylation is 2. The van der Waals surface area contributed by atoms with Crippen LogP contribution in [0.25, 0.3) is 0 Å². The van der Waals surface area contributed by atoms with Crippen molar-refractivity contribution in [2.75, 3.05) is 5.32 Å². The monoisotopic (exact) mass is 358 g/mol. The van der Waals surface area contributed by atoms with E-state index < -0.39 is 0 Å². The maximum Gasteiger partial charge on any atom is 0.255 e. The first kappa shape index (κ1) is 18.4. The molecule has 2 amide bonds. The molecule has 0 saturated carbocycles. The van der Waals surface area contributed by atoms with Gasteiger partial charge in [0.15, 0.2) is 0 Å². The molecule has 2 N–H and O–H groups in total. The molecule has 3 aromatic carbocycles. The summed E-state index contributed by atoms with van der Waals surface area (Å²) in [5.41, 5.74) is 5.08. The van der Waals surface area contributed by atoms with Gasteiger partial charge in [0.1, 0.15) is 0 Å². The maximum absolute atomic E-state index is 12.5. The number of anilines is 1. The normalized spacial score (nSPS) is 10.3. The second-order valence-electron chi connectivity index (χ2n) is 6.52. The van der Waals surface area contributed by atoms with Crippen molar-refractivity contribution in [1.82, 2.24) is 5.32 Å². The Bertz CT molecular complexity index is 948. The molecule has 0 radical (unpaired) electrons. The summed E-state index contributed by atoms with van der Waals surface area (Å²) in [6, 6.07) is 22.3. The zero-order chi connectivity index (χ0) is 19.2. The Hall–Kier alpha value is -3.40. The Labute approximate surface area is 159 Å². The van der Waals surface area contributed by atoms with Crippen LogP contribution in [0.15, 0.2) is 72.8 Å². The average Bonchev–Trinajstić information content (AvgIpc) is 2.70. The van der Waals surface area contributed by atoms with Crippen LogP contribution in [0.3, 0.4) is 0 Å². The second kappa shape index (κ2) is 8.32. The van der Waals surface area contributed by atoms with E-state index in [9.17, 15) is 9.59 Å². The minimum atomic E-state index is -0.149. The van der Waals surface area contributed by atoms with Gasteiger partial charge in [0.05, 0.1) is 0 Å². The number of hydrogen-bond donors (Lipinski definition) is 2. The second-order valence-corrected chi connectivity index (χ2v) is 6.52. The van der Waals surface area contributed by atoms with Crippen LogP contribution in [0.5, 0.6) is 0 Å². The Morgan fingerprint density at radius 1 is 0.778 bits per heavy atom. The summed E-state index contributed by atoms with van der Waals surface area (Å²) in [6.07, 6.45) is 0. The minimum absolute atomic E-state index is 0.118. The highest BCUT2D eigenvalue weighted by Crippen LogP contribution is 2.17. The lowest BCUT2D eigenvalue weighted by Crippen LogP contribution is -2.22. The number of amides is 2. The summed E-state index contributed by atoms with van der Waals surface area (Å²) in [5.74, 6) is -0.268. The van der Waals surface area contributed by atoms with Gasteiger partial charge in [-0.2, -0.15) is 0 Å². The molecule has 0 aliphatic heterocycles. The molecule has 0 fully saturated rings. The zero-order valence-electron chi connectivity index (χ0n) is 15.5. The van der Waals surface area contributed by atoms with Crippen LogP contribution in [0, 0.1) is 13.8 Å². The molecule has 0 aliphatic rings. The van der Waals surface area contributed by atoms with Gasteiger partial charge >= 0.3 is 0 Å². The van der Waals surface area contributed by atoms with Crippen LogP contribution in [-0.2, 0) is 6.54 Å². The fourth-order valence-electron chi connectivity index (χ4n) is 2.71. The average molecular weight is 358 g/mol. The highest BCUT2D eigenvalue weighted by molar-refractivity contribution is 6.04. The van der Waals surface area contributed by atoms with Crippen molar-refractivity contribution in [2.24, 2.45) is 0 Å². The lowest BCUT2D eigenvalue weighted by molar-refractivity contribution is 0.0949. The first-order chi connectivity index (χ1) is 13.0. The number of rotatable bonds is 5. The molecular weight excluding hydrogens is 336 g/mol. The minimum Gasteiger partial charge on any atom is -0.348 e. The number of carbonyl (C=O) groups is 2. The van der Waals surface area contributed by atoms with Gasteiger partial charge in [-0.1, -0.05) is 42.5 Å². The molecule has 0 saturated heterocycles. The van der Waals surface area contributed by atoms with Gasteiger partial charge in [0.25, 0.3) is 11.8 Å². The highest BCUT2D eigenvalue weighted by Gasteiger charge is 2.09. The van der Waals surface area contributed by atoms with E-state index in [-0.39, 0.29) is 11.8 Å². The van der Waals surface area contributed by atoms with Gasteiger partial charge in [-0.25, -0.2) is 0 Å². The lowest BCUT2D eigenvalue weighted by Gasteiger charge is -2.10. The largest absolute Gasteiger partial charge is 0.348 e. The molecule has 0 spiro atoms. The maximum atomic E-state index is 12.5. The van der Waals surface area contributed by atoms with E-state index in [1.54, 1.807) is 24.3 Å². The Balaban J connectivity index is 1.60. The van der Waals surface area contributed by atoms with Crippen molar-refractivity contribution < 1.29 is 9.59 Å². The van der Waals surface area contributed by atoms with Crippen LogP contribution in [-0.4, -0.2) is 11.8 Å². The molecule has 0 aromatic heterocycles. The molecule has 136 valence electrons. The molecule has 27 heavy (non-hydrogen) atoms. The first-order valence-corrected chi connectivity index (χ1v) is 8.84. The molecule has 0 heterocycles. The topological polar surface area (TPSA) is 58.2 Å². The van der Waals surface area contributed by atoms with Gasteiger partial charge in [0.2, 0.25) is 0 Å². The molecule has 0 atom stereocenters. The third-order valence-corrected chi connectivity index (χ3v) is 4.35. The molecule has 3 rings (SSSR count). The zero-order valence-corrected chi connectivity index (χ0v) is 15.5. The molecule has 3 aromatic rings.